The van der Waals surface area contributed by atoms with Crippen LogP contribution in [-0.2, 0) is 14.3 Å². The Morgan fingerprint density at radius 1 is 1.04 bits per heavy atom. The van der Waals surface area contributed by atoms with Crippen molar-refractivity contribution < 1.29 is 27.8 Å². The van der Waals surface area contributed by atoms with E-state index in [2.05, 4.69) is 10.1 Å². The van der Waals surface area contributed by atoms with Gasteiger partial charge in [-0.2, -0.15) is 0 Å². The second-order valence-corrected chi connectivity index (χ2v) is 4.91. The SMILES string of the molecule is Cc1ccc(NC(=O)COC(=O)COc2ccccc2F)c(F)c1. The summed E-state index contributed by atoms with van der Waals surface area (Å²) in [7, 11) is 0. The lowest BCUT2D eigenvalue weighted by molar-refractivity contribution is -0.149. The Morgan fingerprint density at radius 2 is 1.79 bits per heavy atom. The number of nitrogens with one attached hydrogen (secondary N) is 1. The van der Waals surface area contributed by atoms with Gasteiger partial charge in [-0.15, -0.1) is 0 Å². The van der Waals surface area contributed by atoms with E-state index >= 15 is 0 Å². The van der Waals surface area contributed by atoms with E-state index in [0.717, 1.165) is 0 Å². The first kappa shape index (κ1) is 17.4. The van der Waals surface area contributed by atoms with Gasteiger partial charge < -0.3 is 14.8 Å². The van der Waals surface area contributed by atoms with Gasteiger partial charge in [0.2, 0.25) is 0 Å². The average molecular weight is 335 g/mol. The third-order valence-electron chi connectivity index (χ3n) is 2.95. The molecule has 2 aromatic rings. The molecule has 1 amide bonds. The maximum absolute atomic E-state index is 13.6. The first-order valence-electron chi connectivity index (χ1n) is 7.04. The number of amides is 1. The summed E-state index contributed by atoms with van der Waals surface area (Å²) in [5.74, 6) is -2.84. The third-order valence-corrected chi connectivity index (χ3v) is 2.95. The van der Waals surface area contributed by atoms with E-state index in [1.54, 1.807) is 19.1 Å². The van der Waals surface area contributed by atoms with E-state index < -0.39 is 36.7 Å². The van der Waals surface area contributed by atoms with Crippen molar-refractivity contribution in [2.75, 3.05) is 18.5 Å². The van der Waals surface area contributed by atoms with Gasteiger partial charge in [-0.3, -0.25) is 4.79 Å². The zero-order valence-electron chi connectivity index (χ0n) is 12.8. The number of carbonyl (C=O) groups excluding carboxylic acids is 2. The van der Waals surface area contributed by atoms with Gasteiger partial charge in [0.05, 0.1) is 5.69 Å². The highest BCUT2D eigenvalue weighted by atomic mass is 19.1. The largest absolute Gasteiger partial charge is 0.479 e. The number of ether oxygens (including phenoxy) is 2. The molecular weight excluding hydrogens is 320 g/mol. The van der Waals surface area contributed by atoms with E-state index in [1.807, 2.05) is 0 Å². The lowest BCUT2D eigenvalue weighted by atomic mass is 10.2. The van der Waals surface area contributed by atoms with Gasteiger partial charge in [-0.1, -0.05) is 18.2 Å². The summed E-state index contributed by atoms with van der Waals surface area (Å²) in [5, 5.41) is 2.28. The van der Waals surface area contributed by atoms with Crippen LogP contribution in [0.2, 0.25) is 0 Å². The molecule has 0 bridgehead atoms. The van der Waals surface area contributed by atoms with Gasteiger partial charge in [-0.05, 0) is 36.8 Å². The van der Waals surface area contributed by atoms with Crippen molar-refractivity contribution in [1.82, 2.24) is 0 Å². The van der Waals surface area contributed by atoms with Gasteiger partial charge in [0.25, 0.3) is 5.91 Å². The predicted molar refractivity (Wildman–Crippen MR) is 82.6 cm³/mol. The average Bonchev–Trinajstić information content (AvgIpc) is 2.55. The van der Waals surface area contributed by atoms with Crippen molar-refractivity contribution >= 4 is 17.6 Å². The number of rotatable bonds is 6. The number of hydrogen-bond acceptors (Lipinski definition) is 4. The first-order valence-corrected chi connectivity index (χ1v) is 7.04. The lowest BCUT2D eigenvalue weighted by Gasteiger charge is -2.09. The standard InChI is InChI=1S/C17H15F2NO4/c1-11-6-7-14(13(19)8-11)20-16(21)9-24-17(22)10-23-15-5-3-2-4-12(15)18/h2-8H,9-10H2,1H3,(H,20,21). The fraction of sp³-hybridized carbons (Fsp3) is 0.176. The molecule has 0 saturated carbocycles. The summed E-state index contributed by atoms with van der Waals surface area (Å²) >= 11 is 0. The van der Waals surface area contributed by atoms with Crippen LogP contribution in [0.5, 0.6) is 5.75 Å². The van der Waals surface area contributed by atoms with Crippen LogP contribution >= 0.6 is 0 Å². The highest BCUT2D eigenvalue weighted by molar-refractivity contribution is 5.93. The molecule has 0 atom stereocenters. The number of esters is 1. The van der Waals surface area contributed by atoms with Crippen LogP contribution < -0.4 is 10.1 Å². The van der Waals surface area contributed by atoms with E-state index in [0.29, 0.717) is 5.56 Å². The van der Waals surface area contributed by atoms with Crippen LogP contribution in [0.4, 0.5) is 14.5 Å². The van der Waals surface area contributed by atoms with Crippen molar-refractivity contribution in [3.05, 3.63) is 59.7 Å². The smallest absolute Gasteiger partial charge is 0.344 e. The van der Waals surface area contributed by atoms with E-state index in [1.165, 1.54) is 30.3 Å². The van der Waals surface area contributed by atoms with Crippen molar-refractivity contribution in [2.45, 2.75) is 6.92 Å². The van der Waals surface area contributed by atoms with E-state index in [-0.39, 0.29) is 11.4 Å². The summed E-state index contributed by atoms with van der Waals surface area (Å²) in [6.45, 7) is 0.561. The molecule has 0 aliphatic heterocycles. The molecule has 7 heteroatoms. The molecule has 5 nitrogen and oxygen atoms in total. The summed E-state index contributed by atoms with van der Waals surface area (Å²) in [6.07, 6.45) is 0. The first-order chi connectivity index (χ1) is 11.5. The van der Waals surface area contributed by atoms with Gasteiger partial charge in [0, 0.05) is 0 Å². The minimum atomic E-state index is -0.849. The molecule has 0 unspecified atom stereocenters. The Morgan fingerprint density at radius 3 is 2.50 bits per heavy atom. The molecule has 126 valence electrons. The van der Waals surface area contributed by atoms with Crippen molar-refractivity contribution in [3.63, 3.8) is 0 Å². The summed E-state index contributed by atoms with van der Waals surface area (Å²) in [5.41, 5.74) is 0.700. The molecule has 0 heterocycles. The van der Waals surface area contributed by atoms with E-state index in [9.17, 15) is 18.4 Å². The maximum Gasteiger partial charge on any atom is 0.344 e. The maximum atomic E-state index is 13.6. The van der Waals surface area contributed by atoms with Crippen LogP contribution in [0.3, 0.4) is 0 Å². The number of halogens is 2. The Balaban J connectivity index is 1.77. The number of anilines is 1. The van der Waals surface area contributed by atoms with Gasteiger partial charge >= 0.3 is 5.97 Å². The van der Waals surface area contributed by atoms with Crippen molar-refractivity contribution in [3.8, 4) is 5.75 Å². The highest BCUT2D eigenvalue weighted by Gasteiger charge is 2.12. The molecule has 2 rings (SSSR count). The molecule has 0 aromatic heterocycles. The van der Waals surface area contributed by atoms with Crippen LogP contribution in [0.25, 0.3) is 0 Å². The van der Waals surface area contributed by atoms with Gasteiger partial charge in [0.1, 0.15) is 5.82 Å². The summed E-state index contributed by atoms with van der Waals surface area (Å²) in [6, 6.07) is 9.88. The minimum Gasteiger partial charge on any atom is -0.479 e. The predicted octanol–water partition coefficient (Wildman–Crippen LogP) is 2.83. The van der Waals surface area contributed by atoms with Crippen molar-refractivity contribution in [1.29, 1.82) is 0 Å². The normalized spacial score (nSPS) is 10.1. The molecule has 0 radical (unpaired) electrons. The van der Waals surface area contributed by atoms with Gasteiger partial charge in [-0.25, -0.2) is 13.6 Å². The van der Waals surface area contributed by atoms with Gasteiger partial charge in [0.15, 0.2) is 24.8 Å². The zero-order valence-corrected chi connectivity index (χ0v) is 12.8. The summed E-state index contributed by atoms with van der Waals surface area (Å²) in [4.78, 5) is 23.1. The second kappa shape index (κ2) is 8.05. The van der Waals surface area contributed by atoms with Crippen LogP contribution in [0, 0.1) is 18.6 Å². The number of aryl methyl sites for hydroxylation is 1. The fourth-order valence-corrected chi connectivity index (χ4v) is 1.79. The number of hydrogen-bond donors (Lipinski definition) is 1. The minimum absolute atomic E-state index is 0.00995. The molecule has 2 aromatic carbocycles. The number of benzene rings is 2. The molecular formula is C17H15F2NO4. The quantitative estimate of drug-likeness (QED) is 0.825. The molecule has 24 heavy (non-hydrogen) atoms. The fourth-order valence-electron chi connectivity index (χ4n) is 1.79. The van der Waals surface area contributed by atoms with Crippen LogP contribution in [0.15, 0.2) is 42.5 Å². The Kier molecular flexibility index (Phi) is 5.83. The third kappa shape index (κ3) is 5.05. The highest BCUT2D eigenvalue weighted by Crippen LogP contribution is 2.16. The second-order valence-electron chi connectivity index (χ2n) is 4.91. The molecule has 0 aliphatic carbocycles. The Hall–Kier alpha value is -2.96. The van der Waals surface area contributed by atoms with Crippen LogP contribution in [-0.4, -0.2) is 25.1 Å². The topological polar surface area (TPSA) is 64.6 Å². The summed E-state index contributed by atoms with van der Waals surface area (Å²) < 4.78 is 36.5. The Labute approximate surface area is 137 Å². The lowest BCUT2D eigenvalue weighted by Crippen LogP contribution is -2.24. The van der Waals surface area contributed by atoms with E-state index in [4.69, 9.17) is 4.74 Å². The molecule has 0 spiro atoms. The monoisotopic (exact) mass is 335 g/mol. The molecule has 0 fully saturated rings. The van der Waals surface area contributed by atoms with Crippen LogP contribution in [0.1, 0.15) is 5.56 Å². The molecule has 0 saturated heterocycles. The molecule has 1 N–H and O–H groups in total. The zero-order chi connectivity index (χ0) is 17.5. The van der Waals surface area contributed by atoms with Crippen molar-refractivity contribution in [2.24, 2.45) is 0 Å². The number of carbonyl (C=O) groups is 2. The number of para-hydroxylation sites is 1. The Bertz CT molecular complexity index is 749. The molecule has 0 aliphatic rings.